The molecule has 1 heterocycles. The highest BCUT2D eigenvalue weighted by Gasteiger charge is 2.23. The van der Waals surface area contributed by atoms with Gasteiger partial charge in [-0.25, -0.2) is 8.78 Å². The summed E-state index contributed by atoms with van der Waals surface area (Å²) in [6.07, 6.45) is 2.98. The number of carbonyl (C=O) groups is 2. The number of hydrogen-bond donors (Lipinski definition) is 1. The van der Waals surface area contributed by atoms with Gasteiger partial charge in [0.15, 0.2) is 0 Å². The second-order valence-corrected chi connectivity index (χ2v) is 5.95. The number of carbonyl (C=O) groups excluding carboxylic acids is 2. The van der Waals surface area contributed by atoms with Crippen LogP contribution in [0.1, 0.15) is 40.0 Å². The van der Waals surface area contributed by atoms with Crippen LogP contribution in [0.2, 0.25) is 0 Å². The minimum Gasteiger partial charge on any atom is -0.339 e. The number of likely N-dealkylation sites (tertiary alicyclic amines) is 1. The molecule has 1 N–H and O–H groups in total. The second-order valence-electron chi connectivity index (χ2n) is 5.95. The number of anilines is 1. The van der Waals surface area contributed by atoms with E-state index in [0.717, 1.165) is 31.4 Å². The van der Waals surface area contributed by atoms with E-state index in [9.17, 15) is 18.4 Å². The molecule has 0 saturated carbocycles. The molecule has 1 aliphatic rings. The fraction of sp³-hybridized carbons (Fsp3) is 0.263. The zero-order valence-electron chi connectivity index (χ0n) is 13.6. The Bertz CT molecular complexity index is 782. The summed E-state index contributed by atoms with van der Waals surface area (Å²) in [7, 11) is 0. The molecule has 2 aromatic carbocycles. The van der Waals surface area contributed by atoms with Crippen molar-refractivity contribution in [1.82, 2.24) is 4.90 Å². The zero-order valence-corrected chi connectivity index (χ0v) is 13.6. The number of benzene rings is 2. The molecule has 1 fully saturated rings. The van der Waals surface area contributed by atoms with E-state index in [1.54, 1.807) is 29.2 Å². The molecule has 0 aromatic heterocycles. The Morgan fingerprint density at radius 1 is 0.880 bits per heavy atom. The third-order valence-electron chi connectivity index (χ3n) is 4.24. The molecule has 0 bridgehead atoms. The van der Waals surface area contributed by atoms with Crippen molar-refractivity contribution < 1.29 is 18.4 Å². The predicted molar refractivity (Wildman–Crippen MR) is 90.5 cm³/mol. The summed E-state index contributed by atoms with van der Waals surface area (Å²) in [5.41, 5.74) is -0.108. The molecular formula is C19H18F2N2O2. The number of nitrogens with zero attached hydrogens (tertiary/aromatic N) is 1. The van der Waals surface area contributed by atoms with E-state index in [2.05, 4.69) is 5.32 Å². The molecule has 1 saturated heterocycles. The smallest absolute Gasteiger partial charge is 0.261 e. The standard InChI is InChI=1S/C19H18F2N2O2/c20-14-8-6-9-15(21)17(14)18(24)22-16-10-3-2-7-13(16)19(25)23-11-4-1-5-12-23/h2-3,6-10H,1,4-5,11-12H2,(H,22,24). The molecule has 0 radical (unpaired) electrons. The number of amides is 2. The van der Waals surface area contributed by atoms with Gasteiger partial charge in [-0.3, -0.25) is 9.59 Å². The predicted octanol–water partition coefficient (Wildman–Crippen LogP) is 3.84. The molecule has 3 rings (SSSR count). The van der Waals surface area contributed by atoms with Crippen LogP contribution in [-0.4, -0.2) is 29.8 Å². The first-order valence-electron chi connectivity index (χ1n) is 8.21. The average Bonchev–Trinajstić information content (AvgIpc) is 2.62. The van der Waals surface area contributed by atoms with E-state index in [0.29, 0.717) is 18.7 Å². The maximum atomic E-state index is 13.8. The molecule has 25 heavy (non-hydrogen) atoms. The Hall–Kier alpha value is -2.76. The Morgan fingerprint density at radius 3 is 2.20 bits per heavy atom. The van der Waals surface area contributed by atoms with Crippen molar-refractivity contribution in [2.45, 2.75) is 19.3 Å². The molecule has 130 valence electrons. The SMILES string of the molecule is O=C(Nc1ccccc1C(=O)N1CCCCC1)c1c(F)cccc1F. The zero-order chi connectivity index (χ0) is 17.8. The summed E-state index contributed by atoms with van der Waals surface area (Å²) in [5.74, 6) is -3.01. The maximum Gasteiger partial charge on any atom is 0.261 e. The van der Waals surface area contributed by atoms with Gasteiger partial charge in [0.1, 0.15) is 17.2 Å². The number of para-hydroxylation sites is 1. The number of halogens is 2. The number of rotatable bonds is 3. The van der Waals surface area contributed by atoms with Crippen LogP contribution < -0.4 is 5.32 Å². The minimum absolute atomic E-state index is 0.190. The van der Waals surface area contributed by atoms with Crippen LogP contribution >= 0.6 is 0 Å². The minimum atomic E-state index is -0.947. The van der Waals surface area contributed by atoms with Gasteiger partial charge in [-0.05, 0) is 43.5 Å². The van der Waals surface area contributed by atoms with Crippen molar-refractivity contribution in [3.05, 3.63) is 65.2 Å². The van der Waals surface area contributed by atoms with Crippen LogP contribution in [0.5, 0.6) is 0 Å². The van der Waals surface area contributed by atoms with Gasteiger partial charge in [0.25, 0.3) is 11.8 Å². The topological polar surface area (TPSA) is 49.4 Å². The maximum absolute atomic E-state index is 13.8. The molecule has 0 aliphatic carbocycles. The first-order valence-corrected chi connectivity index (χ1v) is 8.21. The summed E-state index contributed by atoms with van der Waals surface area (Å²) >= 11 is 0. The van der Waals surface area contributed by atoms with E-state index in [-0.39, 0.29) is 11.6 Å². The van der Waals surface area contributed by atoms with Gasteiger partial charge in [-0.1, -0.05) is 18.2 Å². The number of piperidine rings is 1. The van der Waals surface area contributed by atoms with Crippen LogP contribution in [0.4, 0.5) is 14.5 Å². The third kappa shape index (κ3) is 3.68. The fourth-order valence-electron chi connectivity index (χ4n) is 2.95. The number of hydrogen-bond acceptors (Lipinski definition) is 2. The summed E-state index contributed by atoms with van der Waals surface area (Å²) in [6.45, 7) is 1.34. The van der Waals surface area contributed by atoms with E-state index in [1.807, 2.05) is 0 Å². The highest BCUT2D eigenvalue weighted by Crippen LogP contribution is 2.22. The van der Waals surface area contributed by atoms with Crippen LogP contribution in [-0.2, 0) is 0 Å². The lowest BCUT2D eigenvalue weighted by Gasteiger charge is -2.27. The molecule has 0 unspecified atom stereocenters. The fourth-order valence-corrected chi connectivity index (χ4v) is 2.95. The van der Waals surface area contributed by atoms with Gasteiger partial charge in [-0.15, -0.1) is 0 Å². The monoisotopic (exact) mass is 344 g/mol. The molecule has 0 atom stereocenters. The van der Waals surface area contributed by atoms with E-state index >= 15 is 0 Å². The summed E-state index contributed by atoms with van der Waals surface area (Å²) < 4.78 is 27.6. The first kappa shape index (κ1) is 17.1. The van der Waals surface area contributed by atoms with Crippen LogP contribution in [0.3, 0.4) is 0 Å². The van der Waals surface area contributed by atoms with Gasteiger partial charge in [0.2, 0.25) is 0 Å². The molecular weight excluding hydrogens is 326 g/mol. The largest absolute Gasteiger partial charge is 0.339 e. The molecule has 2 aromatic rings. The summed E-state index contributed by atoms with van der Waals surface area (Å²) in [5, 5.41) is 2.46. The Balaban J connectivity index is 1.86. The molecule has 2 amide bonds. The van der Waals surface area contributed by atoms with Crippen molar-refractivity contribution in [3.8, 4) is 0 Å². The molecule has 1 aliphatic heterocycles. The Kier molecular flexibility index (Phi) is 5.07. The van der Waals surface area contributed by atoms with Gasteiger partial charge in [0, 0.05) is 13.1 Å². The lowest BCUT2D eigenvalue weighted by atomic mass is 10.1. The van der Waals surface area contributed by atoms with Crippen molar-refractivity contribution in [3.63, 3.8) is 0 Å². The van der Waals surface area contributed by atoms with Crippen LogP contribution in [0.15, 0.2) is 42.5 Å². The number of nitrogens with one attached hydrogen (secondary N) is 1. The second kappa shape index (κ2) is 7.42. The van der Waals surface area contributed by atoms with Gasteiger partial charge in [0.05, 0.1) is 11.3 Å². The molecule has 0 spiro atoms. The van der Waals surface area contributed by atoms with Crippen molar-refractivity contribution in [1.29, 1.82) is 0 Å². The normalized spacial score (nSPS) is 14.2. The lowest BCUT2D eigenvalue weighted by Crippen LogP contribution is -2.36. The van der Waals surface area contributed by atoms with Gasteiger partial charge < -0.3 is 10.2 Å². The lowest BCUT2D eigenvalue weighted by molar-refractivity contribution is 0.0725. The van der Waals surface area contributed by atoms with E-state index < -0.39 is 23.1 Å². The Labute approximate surface area is 144 Å². The highest BCUT2D eigenvalue weighted by atomic mass is 19.1. The quantitative estimate of drug-likeness (QED) is 0.920. The van der Waals surface area contributed by atoms with Crippen LogP contribution in [0, 0.1) is 11.6 Å². The first-order chi connectivity index (χ1) is 12.1. The van der Waals surface area contributed by atoms with Crippen molar-refractivity contribution >= 4 is 17.5 Å². The Morgan fingerprint density at radius 2 is 1.52 bits per heavy atom. The van der Waals surface area contributed by atoms with Gasteiger partial charge in [-0.2, -0.15) is 0 Å². The van der Waals surface area contributed by atoms with Crippen molar-refractivity contribution in [2.24, 2.45) is 0 Å². The highest BCUT2D eigenvalue weighted by molar-refractivity contribution is 6.09. The van der Waals surface area contributed by atoms with Crippen LogP contribution in [0.25, 0.3) is 0 Å². The van der Waals surface area contributed by atoms with Crippen molar-refractivity contribution in [2.75, 3.05) is 18.4 Å². The van der Waals surface area contributed by atoms with Gasteiger partial charge >= 0.3 is 0 Å². The summed E-state index contributed by atoms with van der Waals surface area (Å²) in [4.78, 5) is 26.7. The van der Waals surface area contributed by atoms with E-state index in [1.165, 1.54) is 6.07 Å². The molecule has 4 nitrogen and oxygen atoms in total. The molecule has 6 heteroatoms. The third-order valence-corrected chi connectivity index (χ3v) is 4.24. The summed E-state index contributed by atoms with van der Waals surface area (Å²) in [6, 6.07) is 9.72. The average molecular weight is 344 g/mol. The van der Waals surface area contributed by atoms with E-state index in [4.69, 9.17) is 0 Å².